The topological polar surface area (TPSA) is 92.4 Å². The van der Waals surface area contributed by atoms with Crippen LogP contribution in [0.1, 0.15) is 40.0 Å². The van der Waals surface area contributed by atoms with Gasteiger partial charge in [0, 0.05) is 17.3 Å². The zero-order valence-electron chi connectivity index (χ0n) is 17.8. The van der Waals surface area contributed by atoms with Crippen molar-refractivity contribution in [2.45, 2.75) is 26.8 Å². The number of nitrogens with one attached hydrogen (secondary N) is 1. The summed E-state index contributed by atoms with van der Waals surface area (Å²) < 4.78 is 20.3. The van der Waals surface area contributed by atoms with Gasteiger partial charge in [0.1, 0.15) is 22.7 Å². The highest BCUT2D eigenvalue weighted by atomic mass is 19.1. The number of aromatic nitrogens is 1. The van der Waals surface area contributed by atoms with Crippen molar-refractivity contribution < 1.29 is 18.7 Å². The molecule has 0 saturated heterocycles. The lowest BCUT2D eigenvalue weighted by molar-refractivity contribution is 0.0693. The van der Waals surface area contributed by atoms with Gasteiger partial charge in [-0.15, -0.1) is 0 Å². The average molecular weight is 432 g/mol. The number of fused-ring (bicyclic) bond motifs is 1. The molecule has 0 amide bonds. The lowest BCUT2D eigenvalue weighted by Crippen LogP contribution is -2.14. The van der Waals surface area contributed by atoms with Gasteiger partial charge in [-0.3, -0.25) is 9.78 Å². The van der Waals surface area contributed by atoms with Gasteiger partial charge in [0.2, 0.25) is 0 Å². The molecule has 2 N–H and O–H groups in total. The van der Waals surface area contributed by atoms with Gasteiger partial charge < -0.3 is 14.8 Å². The highest BCUT2D eigenvalue weighted by molar-refractivity contribution is 5.94. The number of anilines is 1. The third kappa shape index (κ3) is 3.73. The monoisotopic (exact) mass is 432 g/mol. The Hall–Kier alpha value is -4.00. The smallest absolute Gasteiger partial charge is 0.340 e. The number of halogens is 1. The number of carbonyl (C=O) groups is 1. The summed E-state index contributed by atoms with van der Waals surface area (Å²) in [5.41, 5.74) is 2.38. The Morgan fingerprint density at radius 1 is 1.16 bits per heavy atom. The molecule has 0 aliphatic carbocycles. The van der Waals surface area contributed by atoms with E-state index in [2.05, 4.69) is 10.3 Å². The fourth-order valence-electron chi connectivity index (χ4n) is 3.80. The van der Waals surface area contributed by atoms with Gasteiger partial charge >= 0.3 is 5.97 Å². The Kier molecular flexibility index (Phi) is 5.48. The largest absolute Gasteiger partial charge is 0.478 e. The second kappa shape index (κ2) is 8.26. The van der Waals surface area contributed by atoms with Crippen LogP contribution >= 0.6 is 0 Å². The molecule has 2 heterocycles. The minimum Gasteiger partial charge on any atom is -0.478 e. The molecule has 162 valence electrons. The van der Waals surface area contributed by atoms with E-state index in [1.807, 2.05) is 19.1 Å². The fourth-order valence-corrected chi connectivity index (χ4v) is 3.80. The van der Waals surface area contributed by atoms with Crippen LogP contribution in [0.2, 0.25) is 0 Å². The zero-order valence-corrected chi connectivity index (χ0v) is 17.8. The van der Waals surface area contributed by atoms with Crippen molar-refractivity contribution in [3.8, 4) is 11.5 Å². The Labute approximate surface area is 183 Å². The van der Waals surface area contributed by atoms with E-state index in [1.165, 1.54) is 12.1 Å². The molecule has 6 nitrogen and oxygen atoms in total. The SMILES string of the molecule is Cc1cc([C@@H](C)Nc2cccc(F)c2C(=O)O)c2oc(-c3ccccn3)c(C)c(=O)c2c1. The molecule has 0 bridgehead atoms. The van der Waals surface area contributed by atoms with Crippen molar-refractivity contribution in [3.63, 3.8) is 0 Å². The van der Waals surface area contributed by atoms with Crippen molar-refractivity contribution >= 4 is 22.6 Å². The van der Waals surface area contributed by atoms with E-state index in [1.54, 1.807) is 38.2 Å². The molecule has 0 spiro atoms. The first-order valence-electron chi connectivity index (χ1n) is 10.1. The molecular formula is C25H21FN2O4. The van der Waals surface area contributed by atoms with Crippen LogP contribution in [0.25, 0.3) is 22.4 Å². The molecule has 7 heteroatoms. The van der Waals surface area contributed by atoms with Gasteiger partial charge in [0.15, 0.2) is 11.2 Å². The molecule has 2 aromatic carbocycles. The maximum atomic E-state index is 14.1. The third-order valence-electron chi connectivity index (χ3n) is 5.36. The molecular weight excluding hydrogens is 411 g/mol. The van der Waals surface area contributed by atoms with Crippen molar-refractivity contribution in [3.05, 3.63) is 93.0 Å². The summed E-state index contributed by atoms with van der Waals surface area (Å²) >= 11 is 0. The highest BCUT2D eigenvalue weighted by Gasteiger charge is 2.22. The predicted molar refractivity (Wildman–Crippen MR) is 121 cm³/mol. The van der Waals surface area contributed by atoms with E-state index >= 15 is 0 Å². The minimum atomic E-state index is -1.37. The number of rotatable bonds is 5. The number of hydrogen-bond acceptors (Lipinski definition) is 5. The molecule has 2 aromatic heterocycles. The van der Waals surface area contributed by atoms with Gasteiger partial charge in [-0.05, 0) is 56.7 Å². The number of carboxylic acids is 1. The fraction of sp³-hybridized carbons (Fsp3) is 0.160. The van der Waals surface area contributed by atoms with Crippen molar-refractivity contribution in [1.82, 2.24) is 4.98 Å². The summed E-state index contributed by atoms with van der Waals surface area (Å²) in [4.78, 5) is 29.0. The summed E-state index contributed by atoms with van der Waals surface area (Å²) in [7, 11) is 0. The first kappa shape index (κ1) is 21.2. The number of aryl methyl sites for hydroxylation is 1. The molecule has 0 fully saturated rings. The summed E-state index contributed by atoms with van der Waals surface area (Å²) in [6, 6.07) is 12.5. The van der Waals surface area contributed by atoms with Crippen molar-refractivity contribution in [2.75, 3.05) is 5.32 Å². The van der Waals surface area contributed by atoms with Gasteiger partial charge in [-0.1, -0.05) is 18.2 Å². The predicted octanol–water partition coefficient (Wildman–Crippen LogP) is 5.48. The number of nitrogens with zero attached hydrogens (tertiary/aromatic N) is 1. The van der Waals surface area contributed by atoms with Crippen LogP contribution in [0.5, 0.6) is 0 Å². The van der Waals surface area contributed by atoms with E-state index in [4.69, 9.17) is 4.42 Å². The number of hydrogen-bond donors (Lipinski definition) is 2. The summed E-state index contributed by atoms with van der Waals surface area (Å²) in [5, 5.41) is 12.9. The van der Waals surface area contributed by atoms with Gasteiger partial charge in [-0.2, -0.15) is 0 Å². The number of carboxylic acid groups (broad SMARTS) is 1. The maximum absolute atomic E-state index is 14.1. The number of benzene rings is 2. The van der Waals surface area contributed by atoms with Crippen LogP contribution in [0.4, 0.5) is 10.1 Å². The first-order chi connectivity index (χ1) is 15.3. The molecule has 1 atom stereocenters. The Bertz CT molecular complexity index is 1400. The lowest BCUT2D eigenvalue weighted by Gasteiger charge is -2.20. The molecule has 0 unspecified atom stereocenters. The van der Waals surface area contributed by atoms with E-state index in [9.17, 15) is 19.1 Å². The molecule has 4 aromatic rings. The quantitative estimate of drug-likeness (QED) is 0.434. The van der Waals surface area contributed by atoms with Gasteiger partial charge in [-0.25, -0.2) is 9.18 Å². The second-order valence-electron chi connectivity index (χ2n) is 7.66. The summed E-state index contributed by atoms with van der Waals surface area (Å²) in [6.07, 6.45) is 1.62. The van der Waals surface area contributed by atoms with E-state index < -0.39 is 23.4 Å². The number of aromatic carboxylic acids is 1. The number of pyridine rings is 1. The van der Waals surface area contributed by atoms with E-state index in [0.29, 0.717) is 33.6 Å². The zero-order chi connectivity index (χ0) is 23.0. The van der Waals surface area contributed by atoms with Crippen molar-refractivity contribution in [1.29, 1.82) is 0 Å². The molecule has 0 aliphatic heterocycles. The van der Waals surface area contributed by atoms with Crippen LogP contribution in [0.15, 0.2) is 63.9 Å². The molecule has 0 radical (unpaired) electrons. The van der Waals surface area contributed by atoms with E-state index in [-0.39, 0.29) is 11.1 Å². The average Bonchev–Trinajstić information content (AvgIpc) is 2.76. The summed E-state index contributed by atoms with van der Waals surface area (Å²) in [6.45, 7) is 5.36. The minimum absolute atomic E-state index is 0.138. The van der Waals surface area contributed by atoms with E-state index in [0.717, 1.165) is 11.6 Å². The van der Waals surface area contributed by atoms with Crippen LogP contribution in [-0.4, -0.2) is 16.1 Å². The normalized spacial score (nSPS) is 12.0. The van der Waals surface area contributed by atoms with Gasteiger partial charge in [0.25, 0.3) is 0 Å². The van der Waals surface area contributed by atoms with Crippen LogP contribution in [0, 0.1) is 19.7 Å². The maximum Gasteiger partial charge on any atom is 0.340 e. The first-order valence-corrected chi connectivity index (χ1v) is 10.1. The molecule has 32 heavy (non-hydrogen) atoms. The second-order valence-corrected chi connectivity index (χ2v) is 7.66. The molecule has 0 saturated carbocycles. The Balaban J connectivity index is 1.90. The Morgan fingerprint density at radius 2 is 1.94 bits per heavy atom. The highest BCUT2D eigenvalue weighted by Crippen LogP contribution is 2.32. The standard InChI is InChI=1S/C25H21FN2O4/c1-13-11-16(15(3)28-19-9-6-7-18(26)21(19)25(30)31)24-17(12-13)22(29)14(2)23(32-24)20-8-4-5-10-27-20/h4-12,15,28H,1-3H3,(H,30,31)/t15-/m1/s1. The third-order valence-corrected chi connectivity index (χ3v) is 5.36. The van der Waals surface area contributed by atoms with Crippen molar-refractivity contribution in [2.24, 2.45) is 0 Å². The molecule has 0 aliphatic rings. The van der Waals surface area contributed by atoms with Crippen LogP contribution in [0.3, 0.4) is 0 Å². The van der Waals surface area contributed by atoms with Gasteiger partial charge in [0.05, 0.1) is 17.1 Å². The van der Waals surface area contributed by atoms with Crippen LogP contribution < -0.4 is 10.7 Å². The Morgan fingerprint density at radius 3 is 2.62 bits per heavy atom. The lowest BCUT2D eigenvalue weighted by atomic mass is 9.99. The summed E-state index contributed by atoms with van der Waals surface area (Å²) in [5.74, 6) is -1.83. The van der Waals surface area contributed by atoms with Crippen LogP contribution in [-0.2, 0) is 0 Å². The molecule has 4 rings (SSSR count).